The van der Waals surface area contributed by atoms with Crippen molar-refractivity contribution in [3.8, 4) is 0 Å². The fourth-order valence-corrected chi connectivity index (χ4v) is 1.73. The van der Waals surface area contributed by atoms with Gasteiger partial charge in [-0.2, -0.15) is 0 Å². The van der Waals surface area contributed by atoms with Gasteiger partial charge in [-0.3, -0.25) is 0 Å². The van der Waals surface area contributed by atoms with Crippen LogP contribution in [0.5, 0.6) is 0 Å². The van der Waals surface area contributed by atoms with Crippen molar-refractivity contribution in [3.05, 3.63) is 12.3 Å². The van der Waals surface area contributed by atoms with Gasteiger partial charge in [0.1, 0.15) is 6.23 Å². The third kappa shape index (κ3) is 1.56. The number of ether oxygens (including phenoxy) is 1. The van der Waals surface area contributed by atoms with Crippen LogP contribution in [0.4, 0.5) is 0 Å². The molecule has 0 saturated carbocycles. The molecule has 1 saturated heterocycles. The Labute approximate surface area is 67.8 Å². The van der Waals surface area contributed by atoms with Gasteiger partial charge in [-0.25, -0.2) is 0 Å². The molecule has 2 aliphatic heterocycles. The summed E-state index contributed by atoms with van der Waals surface area (Å²) in [5.74, 6) is 0. The zero-order valence-corrected chi connectivity index (χ0v) is 6.83. The van der Waals surface area contributed by atoms with Crippen molar-refractivity contribution in [2.24, 2.45) is 0 Å². The second kappa shape index (κ2) is 3.26. The summed E-state index contributed by atoms with van der Waals surface area (Å²) in [6, 6.07) is 0. The molecule has 62 valence electrons. The van der Waals surface area contributed by atoms with Crippen LogP contribution in [0.3, 0.4) is 0 Å². The average molecular weight is 153 g/mol. The Balaban J connectivity index is 1.87. The minimum Gasteiger partial charge on any atom is -0.358 e. The quantitative estimate of drug-likeness (QED) is 0.569. The summed E-state index contributed by atoms with van der Waals surface area (Å²) in [7, 11) is 0. The largest absolute Gasteiger partial charge is 0.358 e. The minimum atomic E-state index is 0.391. The Morgan fingerprint density at radius 1 is 1.36 bits per heavy atom. The minimum absolute atomic E-state index is 0.391. The number of rotatable bonds is 1. The average Bonchev–Trinajstić information content (AvgIpc) is 2.58. The summed E-state index contributed by atoms with van der Waals surface area (Å²) in [5, 5.41) is 0. The highest BCUT2D eigenvalue weighted by atomic mass is 16.5. The highest BCUT2D eigenvalue weighted by molar-refractivity contribution is 4.92. The molecular weight excluding hydrogens is 138 g/mol. The summed E-state index contributed by atoms with van der Waals surface area (Å²) in [6.07, 6.45) is 9.77. The van der Waals surface area contributed by atoms with E-state index in [1.165, 1.54) is 25.7 Å². The highest BCUT2D eigenvalue weighted by Gasteiger charge is 2.19. The van der Waals surface area contributed by atoms with Crippen LogP contribution in [0.1, 0.15) is 25.7 Å². The Morgan fingerprint density at radius 3 is 3.00 bits per heavy atom. The van der Waals surface area contributed by atoms with E-state index in [1.807, 2.05) is 0 Å². The molecule has 0 aromatic heterocycles. The smallest absolute Gasteiger partial charge is 0.129 e. The maximum absolute atomic E-state index is 5.64. The van der Waals surface area contributed by atoms with Gasteiger partial charge < -0.3 is 9.64 Å². The van der Waals surface area contributed by atoms with Gasteiger partial charge in [-0.15, -0.1) is 0 Å². The van der Waals surface area contributed by atoms with E-state index in [9.17, 15) is 0 Å². The molecule has 0 aromatic rings. The Bertz CT molecular complexity index is 150. The first kappa shape index (κ1) is 7.17. The molecule has 0 aromatic carbocycles. The van der Waals surface area contributed by atoms with Crippen molar-refractivity contribution in [2.75, 3.05) is 13.2 Å². The highest BCUT2D eigenvalue weighted by Crippen LogP contribution is 2.19. The Kier molecular flexibility index (Phi) is 2.13. The van der Waals surface area contributed by atoms with E-state index in [2.05, 4.69) is 17.2 Å². The molecule has 0 N–H and O–H groups in total. The fraction of sp³-hybridized carbons (Fsp3) is 0.778. The lowest BCUT2D eigenvalue weighted by atomic mass is 10.2. The molecule has 0 spiro atoms. The number of hydrogen-bond acceptors (Lipinski definition) is 2. The maximum atomic E-state index is 5.64. The van der Waals surface area contributed by atoms with E-state index < -0.39 is 0 Å². The molecule has 1 fully saturated rings. The summed E-state index contributed by atoms with van der Waals surface area (Å²) < 4.78 is 5.64. The molecule has 0 bridgehead atoms. The van der Waals surface area contributed by atoms with E-state index >= 15 is 0 Å². The topological polar surface area (TPSA) is 12.5 Å². The first-order valence-corrected chi connectivity index (χ1v) is 4.51. The molecule has 0 amide bonds. The van der Waals surface area contributed by atoms with E-state index in [0.717, 1.165) is 13.2 Å². The van der Waals surface area contributed by atoms with Crippen LogP contribution in [0, 0.1) is 0 Å². The van der Waals surface area contributed by atoms with Crippen molar-refractivity contribution < 1.29 is 4.74 Å². The first-order valence-electron chi connectivity index (χ1n) is 4.51. The number of nitrogens with zero attached hydrogens (tertiary/aromatic N) is 1. The third-order valence-corrected chi connectivity index (χ3v) is 2.38. The summed E-state index contributed by atoms with van der Waals surface area (Å²) in [4.78, 5) is 2.32. The molecule has 2 heteroatoms. The van der Waals surface area contributed by atoms with Crippen molar-refractivity contribution >= 4 is 0 Å². The molecule has 2 rings (SSSR count). The van der Waals surface area contributed by atoms with Gasteiger partial charge in [0.05, 0.1) is 0 Å². The van der Waals surface area contributed by atoms with Gasteiger partial charge in [0.15, 0.2) is 0 Å². The van der Waals surface area contributed by atoms with Crippen molar-refractivity contribution in [1.29, 1.82) is 0 Å². The Morgan fingerprint density at radius 2 is 2.36 bits per heavy atom. The SMILES string of the molecule is C1=CN(C2CCCCO2)CC1. The predicted octanol–water partition coefficient (Wildman–Crippen LogP) is 1.73. The number of hydrogen-bond donors (Lipinski definition) is 0. The van der Waals surface area contributed by atoms with Gasteiger partial charge in [0.25, 0.3) is 0 Å². The maximum Gasteiger partial charge on any atom is 0.129 e. The molecule has 0 aliphatic carbocycles. The van der Waals surface area contributed by atoms with Gasteiger partial charge in [-0.1, -0.05) is 6.08 Å². The molecule has 0 radical (unpaired) electrons. The zero-order chi connectivity index (χ0) is 7.52. The predicted molar refractivity (Wildman–Crippen MR) is 44.1 cm³/mol. The monoisotopic (exact) mass is 153 g/mol. The second-order valence-electron chi connectivity index (χ2n) is 3.23. The zero-order valence-electron chi connectivity index (χ0n) is 6.83. The van der Waals surface area contributed by atoms with Crippen LogP contribution in [-0.2, 0) is 4.74 Å². The van der Waals surface area contributed by atoms with Crippen LogP contribution in [0.2, 0.25) is 0 Å². The fourth-order valence-electron chi connectivity index (χ4n) is 1.73. The van der Waals surface area contributed by atoms with Crippen LogP contribution in [0.25, 0.3) is 0 Å². The lowest BCUT2D eigenvalue weighted by Crippen LogP contribution is -2.34. The van der Waals surface area contributed by atoms with Gasteiger partial charge >= 0.3 is 0 Å². The molecule has 2 nitrogen and oxygen atoms in total. The molecule has 1 unspecified atom stereocenters. The second-order valence-corrected chi connectivity index (χ2v) is 3.23. The van der Waals surface area contributed by atoms with E-state index in [4.69, 9.17) is 4.74 Å². The van der Waals surface area contributed by atoms with E-state index in [-0.39, 0.29) is 0 Å². The third-order valence-electron chi connectivity index (χ3n) is 2.38. The van der Waals surface area contributed by atoms with Crippen LogP contribution in [0.15, 0.2) is 12.3 Å². The standard InChI is InChI=1S/C9H15NO/c1-4-8-11-9(5-1)10-6-2-3-7-10/h2,6,9H,1,3-5,7-8H2. The van der Waals surface area contributed by atoms with Gasteiger partial charge in [0, 0.05) is 13.2 Å². The normalized spacial score (nSPS) is 31.3. The molecule has 11 heavy (non-hydrogen) atoms. The van der Waals surface area contributed by atoms with Crippen molar-refractivity contribution in [3.63, 3.8) is 0 Å². The van der Waals surface area contributed by atoms with E-state index in [0.29, 0.717) is 6.23 Å². The van der Waals surface area contributed by atoms with Crippen LogP contribution in [-0.4, -0.2) is 24.3 Å². The molecule has 2 aliphatic rings. The summed E-state index contributed by atoms with van der Waals surface area (Å²) in [5.41, 5.74) is 0. The van der Waals surface area contributed by atoms with Crippen LogP contribution < -0.4 is 0 Å². The van der Waals surface area contributed by atoms with Crippen LogP contribution >= 0.6 is 0 Å². The lowest BCUT2D eigenvalue weighted by Gasteiger charge is -2.30. The van der Waals surface area contributed by atoms with Gasteiger partial charge in [-0.05, 0) is 31.9 Å². The molecular formula is C9H15NO. The van der Waals surface area contributed by atoms with E-state index in [1.54, 1.807) is 0 Å². The molecule has 2 heterocycles. The molecule has 1 atom stereocenters. The summed E-state index contributed by atoms with van der Waals surface area (Å²) >= 11 is 0. The lowest BCUT2D eigenvalue weighted by molar-refractivity contribution is -0.0620. The first-order chi connectivity index (χ1) is 5.47. The van der Waals surface area contributed by atoms with Crippen molar-refractivity contribution in [1.82, 2.24) is 4.90 Å². The van der Waals surface area contributed by atoms with Gasteiger partial charge in [0.2, 0.25) is 0 Å². The van der Waals surface area contributed by atoms with Crippen molar-refractivity contribution in [2.45, 2.75) is 31.9 Å². The Hall–Kier alpha value is -0.500. The summed E-state index contributed by atoms with van der Waals surface area (Å²) in [6.45, 7) is 2.11.